The molecule has 1 fully saturated rings. The van der Waals surface area contributed by atoms with E-state index in [-0.39, 0.29) is 30.5 Å². The normalized spacial score (nSPS) is 16.4. The van der Waals surface area contributed by atoms with Crippen LogP contribution in [0.1, 0.15) is 5.56 Å². The molecule has 0 aliphatic carbocycles. The van der Waals surface area contributed by atoms with Crippen LogP contribution in [0.25, 0.3) is 11.1 Å². The van der Waals surface area contributed by atoms with Gasteiger partial charge in [0, 0.05) is 0 Å². The van der Waals surface area contributed by atoms with Gasteiger partial charge in [-0.1, -0.05) is 12.1 Å². The van der Waals surface area contributed by atoms with Crippen molar-refractivity contribution >= 4 is 42.8 Å². The Morgan fingerprint density at radius 3 is 2.68 bits per heavy atom. The number of para-hydroxylation sites is 2. The van der Waals surface area contributed by atoms with Gasteiger partial charge in [-0.25, -0.2) is 0 Å². The number of amides is 2. The van der Waals surface area contributed by atoms with Gasteiger partial charge in [0.05, 0.1) is 0 Å². The van der Waals surface area contributed by atoms with Crippen molar-refractivity contribution in [1.82, 2.24) is 10.3 Å². The number of benzene rings is 2. The predicted octanol–water partition coefficient (Wildman–Crippen LogP) is 2.63. The molecule has 0 saturated carbocycles. The third-order valence-electron chi connectivity index (χ3n) is 4.42. The minimum Gasteiger partial charge on any atom is -0.0598 e. The second-order valence-electron chi connectivity index (χ2n) is 6.47. The summed E-state index contributed by atoms with van der Waals surface area (Å²) >= 11 is -0.318. The number of imide groups is 1. The quantitative estimate of drug-likeness (QED) is 0.564. The monoisotopic (exact) mass is 445 g/mol. The first kappa shape index (κ1) is 18.5. The molecule has 2 amide bonds. The zero-order chi connectivity index (χ0) is 19.5. The summed E-state index contributed by atoms with van der Waals surface area (Å²) in [6.45, 7) is 1.11. The molecule has 1 unspecified atom stereocenters. The molecule has 28 heavy (non-hydrogen) atoms. The number of carbonyl (C=O) groups excluding carboxylic acids is 2. The Morgan fingerprint density at radius 2 is 1.96 bits per heavy atom. The third kappa shape index (κ3) is 4.18. The smallest absolute Gasteiger partial charge is 0.0598 e. The summed E-state index contributed by atoms with van der Waals surface area (Å²) in [5, 5.41) is 2.37. The fourth-order valence-corrected chi connectivity index (χ4v) is 4.69. The minimum absolute atomic E-state index is 0.134. The standard InChI is InChI=1S/C20H19N3O4Se/c1-23(19-21-15-4-2-3-5-16(15)27-19)10-11-26-14-8-6-13(7-9-14)12-17-18(24)22-20(25)28-17/h2-9,17H,10-12H2,1H3,(H,22,24,25). The van der Waals surface area contributed by atoms with Crippen LogP contribution < -0.4 is 15.0 Å². The van der Waals surface area contributed by atoms with Crippen molar-refractivity contribution in [2.24, 2.45) is 0 Å². The first-order valence-corrected chi connectivity index (χ1v) is 10.7. The van der Waals surface area contributed by atoms with Gasteiger partial charge in [0.2, 0.25) is 0 Å². The Bertz CT molecular complexity index is 969. The summed E-state index contributed by atoms with van der Waals surface area (Å²) < 4.78 is 11.5. The number of hydrogen-bond donors (Lipinski definition) is 1. The summed E-state index contributed by atoms with van der Waals surface area (Å²) in [5.41, 5.74) is 2.62. The molecule has 1 saturated heterocycles. The van der Waals surface area contributed by atoms with Gasteiger partial charge in [0.25, 0.3) is 0 Å². The Morgan fingerprint density at radius 1 is 1.18 bits per heavy atom. The van der Waals surface area contributed by atoms with Crippen molar-refractivity contribution in [2.75, 3.05) is 25.1 Å². The first-order chi connectivity index (χ1) is 13.6. The fourth-order valence-electron chi connectivity index (χ4n) is 2.88. The van der Waals surface area contributed by atoms with Gasteiger partial charge in [0.15, 0.2) is 5.58 Å². The summed E-state index contributed by atoms with van der Waals surface area (Å²) in [7, 11) is 1.91. The fraction of sp³-hybridized carbons (Fsp3) is 0.250. The van der Waals surface area contributed by atoms with Crippen molar-refractivity contribution in [3.8, 4) is 5.75 Å². The van der Waals surface area contributed by atoms with Crippen molar-refractivity contribution in [3.05, 3.63) is 54.1 Å². The number of carbonyl (C=O) groups is 2. The van der Waals surface area contributed by atoms with Crippen LogP contribution in [-0.2, 0) is 11.2 Å². The van der Waals surface area contributed by atoms with E-state index >= 15 is 0 Å². The summed E-state index contributed by atoms with van der Waals surface area (Å²) in [5.74, 6) is 0.597. The van der Waals surface area contributed by atoms with Gasteiger partial charge in [-0.15, -0.1) is 0 Å². The maximum atomic E-state index is 11.7. The minimum atomic E-state index is -0.318. The van der Waals surface area contributed by atoms with E-state index < -0.39 is 0 Å². The molecule has 7 nitrogen and oxygen atoms in total. The molecule has 1 aliphatic heterocycles. The van der Waals surface area contributed by atoms with Crippen molar-refractivity contribution in [1.29, 1.82) is 0 Å². The third-order valence-corrected chi connectivity index (χ3v) is 6.48. The Kier molecular flexibility index (Phi) is 5.32. The van der Waals surface area contributed by atoms with Gasteiger partial charge < -0.3 is 0 Å². The van der Waals surface area contributed by atoms with Gasteiger partial charge >= 0.3 is 133 Å². The van der Waals surface area contributed by atoms with Crippen molar-refractivity contribution in [2.45, 2.75) is 11.2 Å². The van der Waals surface area contributed by atoms with Crippen LogP contribution in [0.5, 0.6) is 5.75 Å². The molecule has 1 N–H and O–H groups in total. The number of ether oxygens (including phenoxy) is 1. The Hall–Kier alpha value is -2.83. The molecule has 2 heterocycles. The van der Waals surface area contributed by atoms with Crippen LogP contribution in [0.15, 0.2) is 52.9 Å². The first-order valence-electron chi connectivity index (χ1n) is 8.88. The Labute approximate surface area is 168 Å². The van der Waals surface area contributed by atoms with E-state index in [9.17, 15) is 9.59 Å². The number of fused-ring (bicyclic) bond motifs is 1. The molecule has 1 aliphatic rings. The van der Waals surface area contributed by atoms with E-state index in [1.807, 2.05) is 60.5 Å². The molecule has 0 radical (unpaired) electrons. The van der Waals surface area contributed by atoms with Crippen LogP contribution in [-0.4, -0.2) is 50.9 Å². The number of nitrogens with zero attached hydrogens (tertiary/aromatic N) is 2. The van der Waals surface area contributed by atoms with Gasteiger partial charge in [-0.3, -0.25) is 0 Å². The summed E-state index contributed by atoms with van der Waals surface area (Å²) in [6.07, 6.45) is 0.582. The Balaban J connectivity index is 1.27. The van der Waals surface area contributed by atoms with E-state index in [2.05, 4.69) is 10.3 Å². The zero-order valence-corrected chi connectivity index (χ0v) is 17.0. The number of hydrogen-bond acceptors (Lipinski definition) is 6. The molecular formula is C20H19N3O4Se. The number of nitrogens with one attached hydrogen (secondary N) is 1. The summed E-state index contributed by atoms with van der Waals surface area (Å²) in [6, 6.07) is 15.9. The number of rotatable bonds is 7. The second-order valence-corrected chi connectivity index (χ2v) is 8.93. The van der Waals surface area contributed by atoms with E-state index in [4.69, 9.17) is 9.15 Å². The maximum absolute atomic E-state index is 11.7. The van der Waals surface area contributed by atoms with E-state index in [1.165, 1.54) is 0 Å². The summed E-state index contributed by atoms with van der Waals surface area (Å²) in [4.78, 5) is 29.0. The van der Waals surface area contributed by atoms with Crippen LogP contribution in [0.2, 0.25) is 4.82 Å². The van der Waals surface area contributed by atoms with Crippen LogP contribution >= 0.6 is 0 Å². The molecule has 8 heteroatoms. The number of likely N-dealkylation sites (N-methyl/N-ethyl adjacent to an activating group) is 1. The van der Waals surface area contributed by atoms with Gasteiger partial charge in [0.1, 0.15) is 5.52 Å². The van der Waals surface area contributed by atoms with Gasteiger partial charge in [-0.05, 0) is 12.1 Å². The van der Waals surface area contributed by atoms with Crippen molar-refractivity contribution < 1.29 is 18.7 Å². The van der Waals surface area contributed by atoms with Gasteiger partial charge in [-0.2, -0.15) is 0 Å². The second kappa shape index (κ2) is 8.04. The van der Waals surface area contributed by atoms with E-state index in [1.54, 1.807) is 0 Å². The van der Waals surface area contributed by atoms with Crippen LogP contribution in [0.3, 0.4) is 0 Å². The van der Waals surface area contributed by atoms with Crippen molar-refractivity contribution in [3.63, 3.8) is 0 Å². The average molecular weight is 444 g/mol. The topological polar surface area (TPSA) is 84.7 Å². The van der Waals surface area contributed by atoms with E-state index in [0.29, 0.717) is 25.6 Å². The SMILES string of the molecule is CN(CCOc1ccc(CC2[Se]C(=O)NC2=O)cc1)c1nc2ccccc2o1. The molecular weight excluding hydrogens is 425 g/mol. The van der Waals surface area contributed by atoms with Crippen LogP contribution in [0.4, 0.5) is 10.8 Å². The predicted molar refractivity (Wildman–Crippen MR) is 106 cm³/mol. The van der Waals surface area contributed by atoms with E-state index in [0.717, 1.165) is 22.4 Å². The molecule has 0 spiro atoms. The molecule has 1 aromatic heterocycles. The molecule has 4 rings (SSSR count). The number of oxazole rings is 1. The number of aromatic nitrogens is 1. The molecule has 3 aromatic rings. The molecule has 144 valence electrons. The molecule has 1 atom stereocenters. The van der Waals surface area contributed by atoms with Crippen LogP contribution in [0, 0.1) is 0 Å². The average Bonchev–Trinajstić information content (AvgIpc) is 3.26. The zero-order valence-electron chi connectivity index (χ0n) is 15.3. The molecule has 0 bridgehead atoms. The molecule has 2 aromatic carbocycles. The number of anilines is 1.